The second-order valence-electron chi connectivity index (χ2n) is 6.37. The largest absolute Gasteiger partial charge is 0.324 e. The van der Waals surface area contributed by atoms with Gasteiger partial charge in [0.05, 0.1) is 10.6 Å². The van der Waals surface area contributed by atoms with Crippen molar-refractivity contribution in [1.29, 1.82) is 0 Å². The van der Waals surface area contributed by atoms with Gasteiger partial charge >= 0.3 is 0 Å². The van der Waals surface area contributed by atoms with Gasteiger partial charge in [0, 0.05) is 22.6 Å². The van der Waals surface area contributed by atoms with Gasteiger partial charge in [0.1, 0.15) is 4.90 Å². The van der Waals surface area contributed by atoms with Crippen LogP contribution in [0.4, 0.5) is 5.69 Å². The molecule has 1 N–H and O–H groups in total. The Morgan fingerprint density at radius 3 is 2.42 bits per heavy atom. The number of carbonyl (C=O) groups excluding carboxylic acids is 1. The number of aryl methyl sites for hydroxylation is 1. The van der Waals surface area contributed by atoms with Crippen LogP contribution < -0.4 is 5.32 Å². The van der Waals surface area contributed by atoms with Crippen LogP contribution in [-0.2, 0) is 14.6 Å². The summed E-state index contributed by atoms with van der Waals surface area (Å²) in [6, 6.07) is 16.5. The molecule has 0 spiro atoms. The monoisotopic (exact) mass is 383 g/mol. The third kappa shape index (κ3) is 2.85. The van der Waals surface area contributed by atoms with Crippen molar-refractivity contribution in [2.75, 3.05) is 5.32 Å². The molecule has 132 valence electrons. The highest BCUT2D eigenvalue weighted by molar-refractivity contribution is 7.91. The van der Waals surface area contributed by atoms with Crippen LogP contribution in [0.3, 0.4) is 0 Å². The average molecular weight is 383 g/mol. The molecule has 2 aromatic carbocycles. The number of benzene rings is 2. The Hall–Kier alpha value is -2.44. The van der Waals surface area contributed by atoms with E-state index in [1.807, 2.05) is 37.3 Å². The van der Waals surface area contributed by atoms with Gasteiger partial charge in [-0.15, -0.1) is 11.3 Å². The van der Waals surface area contributed by atoms with Crippen molar-refractivity contribution in [2.45, 2.75) is 29.1 Å². The predicted octanol–water partition coefficient (Wildman–Crippen LogP) is 4.36. The van der Waals surface area contributed by atoms with E-state index in [9.17, 15) is 13.2 Å². The van der Waals surface area contributed by atoms with Crippen LogP contribution in [0.2, 0.25) is 0 Å². The Morgan fingerprint density at radius 1 is 1.04 bits per heavy atom. The Kier molecular flexibility index (Phi) is 4.17. The molecule has 1 atom stereocenters. The fourth-order valence-corrected chi connectivity index (χ4v) is 6.11. The molecule has 0 saturated heterocycles. The lowest BCUT2D eigenvalue weighted by molar-refractivity contribution is -0.116. The van der Waals surface area contributed by atoms with E-state index in [2.05, 4.69) is 5.32 Å². The number of sulfone groups is 1. The van der Waals surface area contributed by atoms with E-state index in [1.54, 1.807) is 29.6 Å². The number of fused-ring (bicyclic) bond motifs is 1. The summed E-state index contributed by atoms with van der Waals surface area (Å²) in [6.07, 6.45) is 0.321. The first kappa shape index (κ1) is 17.0. The second kappa shape index (κ2) is 6.37. The standard InChI is InChI=1S/C20H17NO3S2/c1-13-7-9-15(10-8-13)26(23,24)17-12-25-20-16(11-18(22)21-19(17)20)14-5-3-2-4-6-14/h2-10,12,16H,11H2,1H3,(H,21,22)/t16-/m1/s1. The molecule has 0 bridgehead atoms. The highest BCUT2D eigenvalue weighted by atomic mass is 32.2. The topological polar surface area (TPSA) is 63.2 Å². The third-order valence-corrected chi connectivity index (χ3v) is 7.62. The summed E-state index contributed by atoms with van der Waals surface area (Å²) >= 11 is 1.39. The van der Waals surface area contributed by atoms with Gasteiger partial charge < -0.3 is 5.32 Å². The van der Waals surface area contributed by atoms with Gasteiger partial charge in [0.25, 0.3) is 0 Å². The van der Waals surface area contributed by atoms with Gasteiger partial charge in [-0.25, -0.2) is 8.42 Å². The third-order valence-electron chi connectivity index (χ3n) is 4.58. The number of hydrogen-bond donors (Lipinski definition) is 1. The Morgan fingerprint density at radius 2 is 1.73 bits per heavy atom. The molecule has 1 aliphatic rings. The summed E-state index contributed by atoms with van der Waals surface area (Å²) < 4.78 is 26.2. The predicted molar refractivity (Wildman–Crippen MR) is 102 cm³/mol. The van der Waals surface area contributed by atoms with Crippen molar-refractivity contribution in [2.24, 2.45) is 0 Å². The Bertz CT molecular complexity index is 1070. The Labute approximate surface area is 156 Å². The molecule has 3 aromatic rings. The summed E-state index contributed by atoms with van der Waals surface area (Å²) in [5.74, 6) is -0.281. The fraction of sp³-hybridized carbons (Fsp3) is 0.150. The number of amides is 1. The Balaban J connectivity index is 1.83. The van der Waals surface area contributed by atoms with Crippen LogP contribution >= 0.6 is 11.3 Å². The van der Waals surface area contributed by atoms with Gasteiger partial charge in [-0.2, -0.15) is 0 Å². The maximum absolute atomic E-state index is 13.1. The van der Waals surface area contributed by atoms with Crippen LogP contribution in [0.15, 0.2) is 69.8 Å². The van der Waals surface area contributed by atoms with Crippen molar-refractivity contribution >= 4 is 32.8 Å². The van der Waals surface area contributed by atoms with Crippen molar-refractivity contribution in [1.82, 2.24) is 0 Å². The smallest absolute Gasteiger partial charge is 0.225 e. The van der Waals surface area contributed by atoms with Crippen molar-refractivity contribution in [3.63, 3.8) is 0 Å². The summed E-state index contributed by atoms with van der Waals surface area (Å²) in [4.78, 5) is 13.6. The minimum atomic E-state index is -3.69. The lowest BCUT2D eigenvalue weighted by Crippen LogP contribution is -2.23. The molecule has 2 heterocycles. The zero-order chi connectivity index (χ0) is 18.3. The highest BCUT2D eigenvalue weighted by Gasteiger charge is 2.34. The summed E-state index contributed by atoms with van der Waals surface area (Å²) in [6.45, 7) is 1.91. The first-order valence-electron chi connectivity index (χ1n) is 8.25. The maximum Gasteiger partial charge on any atom is 0.225 e. The van der Waals surface area contributed by atoms with E-state index in [4.69, 9.17) is 0 Å². The lowest BCUT2D eigenvalue weighted by atomic mass is 9.91. The number of carbonyl (C=O) groups is 1. The van der Waals surface area contributed by atoms with Crippen molar-refractivity contribution < 1.29 is 13.2 Å². The van der Waals surface area contributed by atoms with E-state index in [1.165, 1.54) is 11.3 Å². The molecule has 0 aliphatic carbocycles. The first-order chi connectivity index (χ1) is 12.5. The average Bonchev–Trinajstić information content (AvgIpc) is 3.06. The van der Waals surface area contributed by atoms with E-state index in [-0.39, 0.29) is 21.6 Å². The molecule has 1 aliphatic heterocycles. The zero-order valence-corrected chi connectivity index (χ0v) is 15.7. The van der Waals surface area contributed by atoms with Gasteiger partial charge in [0.2, 0.25) is 15.7 Å². The zero-order valence-electron chi connectivity index (χ0n) is 14.1. The van der Waals surface area contributed by atoms with Crippen LogP contribution in [-0.4, -0.2) is 14.3 Å². The molecule has 4 rings (SSSR count). The van der Waals surface area contributed by atoms with E-state index < -0.39 is 9.84 Å². The van der Waals surface area contributed by atoms with E-state index in [0.29, 0.717) is 12.1 Å². The number of thiophene rings is 1. The van der Waals surface area contributed by atoms with Crippen molar-refractivity contribution in [3.05, 3.63) is 76.0 Å². The molecule has 0 saturated carbocycles. The molecule has 1 amide bonds. The van der Waals surface area contributed by atoms with Gasteiger partial charge in [0.15, 0.2) is 0 Å². The molecular weight excluding hydrogens is 366 g/mol. The SMILES string of the molecule is Cc1ccc(S(=O)(=O)c2csc3c2NC(=O)C[C@@H]3c2ccccc2)cc1. The second-order valence-corrected chi connectivity index (χ2v) is 9.20. The van der Waals surface area contributed by atoms with E-state index in [0.717, 1.165) is 16.0 Å². The number of hydrogen-bond acceptors (Lipinski definition) is 4. The molecule has 0 fully saturated rings. The molecule has 1 aromatic heterocycles. The minimum absolute atomic E-state index is 0.119. The molecule has 4 nitrogen and oxygen atoms in total. The normalized spacial score (nSPS) is 16.8. The summed E-state index contributed by atoms with van der Waals surface area (Å²) in [7, 11) is -3.69. The minimum Gasteiger partial charge on any atom is -0.324 e. The van der Waals surface area contributed by atoms with Gasteiger partial charge in [-0.05, 0) is 24.6 Å². The van der Waals surface area contributed by atoms with E-state index >= 15 is 0 Å². The maximum atomic E-state index is 13.1. The first-order valence-corrected chi connectivity index (χ1v) is 10.6. The lowest BCUT2D eigenvalue weighted by Gasteiger charge is -2.23. The summed E-state index contributed by atoms with van der Waals surface area (Å²) in [5.41, 5.74) is 2.44. The quantitative estimate of drug-likeness (QED) is 0.731. The van der Waals surface area contributed by atoms with Crippen LogP contribution in [0.25, 0.3) is 0 Å². The molecular formula is C20H17NO3S2. The summed E-state index contributed by atoms with van der Waals surface area (Å²) in [5, 5.41) is 4.43. The highest BCUT2D eigenvalue weighted by Crippen LogP contribution is 2.45. The van der Waals surface area contributed by atoms with Gasteiger partial charge in [-0.3, -0.25) is 4.79 Å². The molecule has 0 unspecified atom stereocenters. The molecule has 0 radical (unpaired) electrons. The molecule has 6 heteroatoms. The van der Waals surface area contributed by atoms with Crippen LogP contribution in [0, 0.1) is 6.92 Å². The van der Waals surface area contributed by atoms with Gasteiger partial charge in [-0.1, -0.05) is 48.0 Å². The number of anilines is 1. The van der Waals surface area contributed by atoms with Crippen LogP contribution in [0.1, 0.15) is 28.3 Å². The fourth-order valence-electron chi connectivity index (χ4n) is 3.20. The van der Waals surface area contributed by atoms with Crippen LogP contribution in [0.5, 0.6) is 0 Å². The molecule has 26 heavy (non-hydrogen) atoms. The van der Waals surface area contributed by atoms with Crippen molar-refractivity contribution in [3.8, 4) is 0 Å². The number of nitrogens with one attached hydrogen (secondary N) is 1. The number of rotatable bonds is 3.